The quantitative estimate of drug-likeness (QED) is 0.753. The van der Waals surface area contributed by atoms with Crippen LogP contribution in [0.1, 0.15) is 40.0 Å². The molecule has 0 amide bonds. The van der Waals surface area contributed by atoms with Gasteiger partial charge in [-0.3, -0.25) is 0 Å². The van der Waals surface area contributed by atoms with Crippen molar-refractivity contribution in [1.82, 2.24) is 15.5 Å². The molecule has 1 heterocycles. The highest BCUT2D eigenvalue weighted by Gasteiger charge is 2.11. The molecular weight excluding hydrogens is 216 g/mol. The topological polar surface area (TPSA) is 54.2 Å². The van der Waals surface area contributed by atoms with Crippen LogP contribution in [0.2, 0.25) is 0 Å². The van der Waals surface area contributed by atoms with Crippen LogP contribution in [-0.4, -0.2) is 29.8 Å². The van der Waals surface area contributed by atoms with E-state index in [1.54, 1.807) is 0 Å². The summed E-state index contributed by atoms with van der Waals surface area (Å²) >= 11 is 0. The minimum absolute atomic E-state index is 0.629. The normalized spacial score (nSPS) is 11.1. The van der Waals surface area contributed by atoms with Crippen LogP contribution in [0.25, 0.3) is 0 Å². The molecule has 0 saturated heterocycles. The fraction of sp³-hybridized carbons (Fsp3) is 0.833. The van der Waals surface area contributed by atoms with Gasteiger partial charge >= 0.3 is 6.01 Å². The average Bonchev–Trinajstić information content (AvgIpc) is 2.74. The molecular formula is C12H24N4O. The van der Waals surface area contributed by atoms with Crippen molar-refractivity contribution in [3.63, 3.8) is 0 Å². The summed E-state index contributed by atoms with van der Waals surface area (Å²) in [4.78, 5) is 2.10. The SMILES string of the molecule is CCCN(CC)c1nnc(CNCC(C)C)o1. The lowest BCUT2D eigenvalue weighted by Gasteiger charge is -2.16. The monoisotopic (exact) mass is 240 g/mol. The van der Waals surface area contributed by atoms with Gasteiger partial charge in [-0.25, -0.2) is 0 Å². The molecule has 1 aromatic heterocycles. The maximum absolute atomic E-state index is 5.61. The van der Waals surface area contributed by atoms with Crippen LogP contribution in [0.4, 0.5) is 6.01 Å². The van der Waals surface area contributed by atoms with E-state index >= 15 is 0 Å². The van der Waals surface area contributed by atoms with Crippen molar-refractivity contribution in [2.45, 2.75) is 40.7 Å². The summed E-state index contributed by atoms with van der Waals surface area (Å²) in [5.74, 6) is 1.29. The minimum Gasteiger partial charge on any atom is -0.407 e. The first-order chi connectivity index (χ1) is 8.17. The van der Waals surface area contributed by atoms with E-state index in [9.17, 15) is 0 Å². The fourth-order valence-electron chi connectivity index (χ4n) is 1.57. The number of anilines is 1. The Labute approximate surface area is 104 Å². The van der Waals surface area contributed by atoms with Gasteiger partial charge in [0.2, 0.25) is 5.89 Å². The van der Waals surface area contributed by atoms with E-state index in [0.29, 0.717) is 24.4 Å². The van der Waals surface area contributed by atoms with Crippen molar-refractivity contribution >= 4 is 6.01 Å². The Morgan fingerprint density at radius 2 is 2.06 bits per heavy atom. The van der Waals surface area contributed by atoms with Gasteiger partial charge in [-0.1, -0.05) is 25.9 Å². The number of aromatic nitrogens is 2. The predicted molar refractivity (Wildman–Crippen MR) is 69.0 cm³/mol. The molecule has 0 atom stereocenters. The molecule has 1 aromatic rings. The highest BCUT2D eigenvalue weighted by molar-refractivity contribution is 5.22. The van der Waals surface area contributed by atoms with Crippen LogP contribution in [0.15, 0.2) is 4.42 Å². The summed E-state index contributed by atoms with van der Waals surface area (Å²) in [6.07, 6.45) is 1.08. The highest BCUT2D eigenvalue weighted by Crippen LogP contribution is 2.12. The average molecular weight is 240 g/mol. The van der Waals surface area contributed by atoms with Gasteiger partial charge in [-0.15, -0.1) is 5.10 Å². The predicted octanol–water partition coefficient (Wildman–Crippen LogP) is 2.05. The fourth-order valence-corrected chi connectivity index (χ4v) is 1.57. The summed E-state index contributed by atoms with van der Waals surface area (Å²) < 4.78 is 5.61. The second kappa shape index (κ2) is 7.27. The van der Waals surface area contributed by atoms with E-state index in [0.717, 1.165) is 26.1 Å². The third-order valence-corrected chi connectivity index (χ3v) is 2.43. The Bertz CT molecular complexity index is 311. The minimum atomic E-state index is 0.629. The van der Waals surface area contributed by atoms with E-state index < -0.39 is 0 Å². The molecule has 0 aliphatic carbocycles. The van der Waals surface area contributed by atoms with Gasteiger partial charge in [0.25, 0.3) is 0 Å². The summed E-state index contributed by atoms with van der Waals surface area (Å²) in [6.45, 7) is 12.0. The van der Waals surface area contributed by atoms with Crippen molar-refractivity contribution in [2.75, 3.05) is 24.5 Å². The van der Waals surface area contributed by atoms with Crippen molar-refractivity contribution in [1.29, 1.82) is 0 Å². The first kappa shape index (κ1) is 14.0. The third kappa shape index (κ3) is 4.73. The Hall–Kier alpha value is -1.10. The van der Waals surface area contributed by atoms with Crippen LogP contribution < -0.4 is 10.2 Å². The first-order valence-corrected chi connectivity index (χ1v) is 6.45. The van der Waals surface area contributed by atoms with Crippen LogP contribution in [0, 0.1) is 5.92 Å². The second-order valence-corrected chi connectivity index (χ2v) is 4.58. The molecule has 0 bridgehead atoms. The molecule has 0 fully saturated rings. The summed E-state index contributed by atoms with van der Waals surface area (Å²) in [5, 5.41) is 11.4. The number of nitrogens with zero attached hydrogens (tertiary/aromatic N) is 3. The van der Waals surface area contributed by atoms with E-state index in [-0.39, 0.29) is 0 Å². The molecule has 1 N–H and O–H groups in total. The zero-order chi connectivity index (χ0) is 12.7. The first-order valence-electron chi connectivity index (χ1n) is 6.45. The summed E-state index contributed by atoms with van der Waals surface area (Å²) in [5.41, 5.74) is 0. The van der Waals surface area contributed by atoms with Crippen molar-refractivity contribution in [2.24, 2.45) is 5.92 Å². The van der Waals surface area contributed by atoms with Crippen molar-refractivity contribution in [3.05, 3.63) is 5.89 Å². The lowest BCUT2D eigenvalue weighted by atomic mass is 10.2. The third-order valence-electron chi connectivity index (χ3n) is 2.43. The van der Waals surface area contributed by atoms with Crippen LogP contribution >= 0.6 is 0 Å². The summed E-state index contributed by atoms with van der Waals surface area (Å²) in [6, 6.07) is 0.635. The van der Waals surface area contributed by atoms with Crippen LogP contribution in [0.5, 0.6) is 0 Å². The molecule has 5 heteroatoms. The largest absolute Gasteiger partial charge is 0.407 e. The van der Waals surface area contributed by atoms with E-state index in [2.05, 4.69) is 48.1 Å². The van der Waals surface area contributed by atoms with Gasteiger partial charge in [0.15, 0.2) is 0 Å². The number of hydrogen-bond donors (Lipinski definition) is 1. The highest BCUT2D eigenvalue weighted by atomic mass is 16.4. The van der Waals surface area contributed by atoms with Gasteiger partial charge in [-0.05, 0) is 25.8 Å². The zero-order valence-corrected chi connectivity index (χ0v) is 11.4. The molecule has 0 unspecified atom stereocenters. The summed E-state index contributed by atoms with van der Waals surface area (Å²) in [7, 11) is 0. The Kier molecular flexibility index (Phi) is 5.97. The van der Waals surface area contributed by atoms with E-state index in [4.69, 9.17) is 4.42 Å². The molecule has 0 radical (unpaired) electrons. The second-order valence-electron chi connectivity index (χ2n) is 4.58. The lowest BCUT2D eigenvalue weighted by Crippen LogP contribution is -2.23. The van der Waals surface area contributed by atoms with Gasteiger partial charge in [-0.2, -0.15) is 0 Å². The molecule has 0 aromatic carbocycles. The number of hydrogen-bond acceptors (Lipinski definition) is 5. The molecule has 1 rings (SSSR count). The van der Waals surface area contributed by atoms with Crippen molar-refractivity contribution < 1.29 is 4.42 Å². The van der Waals surface area contributed by atoms with Crippen LogP contribution in [-0.2, 0) is 6.54 Å². The maximum Gasteiger partial charge on any atom is 0.318 e. The van der Waals surface area contributed by atoms with Gasteiger partial charge in [0, 0.05) is 13.1 Å². The molecule has 5 nitrogen and oxygen atoms in total. The number of nitrogens with one attached hydrogen (secondary N) is 1. The standard InChI is InChI=1S/C12H24N4O/c1-5-7-16(6-2)12-15-14-11(17-12)9-13-8-10(3)4/h10,13H,5-9H2,1-4H3. The molecule has 0 spiro atoms. The molecule has 0 saturated carbocycles. The maximum atomic E-state index is 5.61. The number of rotatable bonds is 8. The van der Waals surface area contributed by atoms with E-state index in [1.807, 2.05) is 0 Å². The van der Waals surface area contributed by atoms with E-state index in [1.165, 1.54) is 0 Å². The molecule has 0 aliphatic rings. The molecule has 98 valence electrons. The molecule has 0 aliphatic heterocycles. The Morgan fingerprint density at radius 3 is 2.65 bits per heavy atom. The van der Waals surface area contributed by atoms with Gasteiger partial charge < -0.3 is 14.6 Å². The van der Waals surface area contributed by atoms with Gasteiger partial charge in [0.1, 0.15) is 0 Å². The lowest BCUT2D eigenvalue weighted by molar-refractivity contribution is 0.447. The Balaban J connectivity index is 2.46. The smallest absolute Gasteiger partial charge is 0.318 e. The van der Waals surface area contributed by atoms with Crippen LogP contribution in [0.3, 0.4) is 0 Å². The Morgan fingerprint density at radius 1 is 1.29 bits per heavy atom. The molecule has 17 heavy (non-hydrogen) atoms. The van der Waals surface area contributed by atoms with Gasteiger partial charge in [0.05, 0.1) is 6.54 Å². The van der Waals surface area contributed by atoms with Crippen molar-refractivity contribution in [3.8, 4) is 0 Å². The zero-order valence-electron chi connectivity index (χ0n) is 11.4.